The summed E-state index contributed by atoms with van der Waals surface area (Å²) in [5.74, 6) is -2.31. The molecular formula is C10H11F2NO2. The Balaban J connectivity index is 3.20. The molecule has 0 aliphatic carbocycles. The van der Waals surface area contributed by atoms with Crippen molar-refractivity contribution in [3.63, 3.8) is 0 Å². The van der Waals surface area contributed by atoms with Crippen LogP contribution < -0.4 is 10.5 Å². The number of hydrogen-bond donors (Lipinski definition) is 1. The van der Waals surface area contributed by atoms with Crippen LogP contribution in [0.25, 0.3) is 0 Å². The predicted octanol–water partition coefficient (Wildman–Crippen LogP) is 1.50. The van der Waals surface area contributed by atoms with Crippen LogP contribution in [0.5, 0.6) is 5.75 Å². The average Bonchev–Trinajstić information content (AvgIpc) is 2.16. The van der Waals surface area contributed by atoms with E-state index in [1.165, 1.54) is 7.11 Å². The lowest BCUT2D eigenvalue weighted by Crippen LogP contribution is -2.11. The zero-order valence-corrected chi connectivity index (χ0v) is 8.22. The van der Waals surface area contributed by atoms with Crippen LogP contribution in [0.15, 0.2) is 12.1 Å². The van der Waals surface area contributed by atoms with E-state index in [4.69, 9.17) is 10.5 Å². The molecule has 0 atom stereocenters. The highest BCUT2D eigenvalue weighted by Gasteiger charge is 2.18. The van der Waals surface area contributed by atoms with Crippen LogP contribution in [-0.2, 0) is 0 Å². The summed E-state index contributed by atoms with van der Waals surface area (Å²) in [6.45, 7) is 0.110. The van der Waals surface area contributed by atoms with Crippen molar-refractivity contribution in [2.45, 2.75) is 6.42 Å². The molecule has 0 saturated carbocycles. The maximum absolute atomic E-state index is 13.3. The fraction of sp³-hybridized carbons (Fsp3) is 0.300. The number of halogens is 2. The molecule has 5 heteroatoms. The quantitative estimate of drug-likeness (QED) is 0.774. The van der Waals surface area contributed by atoms with Crippen LogP contribution in [0, 0.1) is 11.6 Å². The number of benzene rings is 1. The van der Waals surface area contributed by atoms with Crippen molar-refractivity contribution in [3.05, 3.63) is 29.3 Å². The molecule has 0 aliphatic heterocycles. The van der Waals surface area contributed by atoms with Gasteiger partial charge in [0, 0.05) is 18.6 Å². The summed E-state index contributed by atoms with van der Waals surface area (Å²) >= 11 is 0. The predicted molar refractivity (Wildman–Crippen MR) is 50.9 cm³/mol. The van der Waals surface area contributed by atoms with E-state index in [0.29, 0.717) is 6.07 Å². The highest BCUT2D eigenvalue weighted by atomic mass is 19.1. The van der Waals surface area contributed by atoms with E-state index in [1.807, 2.05) is 0 Å². The Morgan fingerprint density at radius 2 is 2.13 bits per heavy atom. The number of carbonyl (C=O) groups excluding carboxylic acids is 1. The van der Waals surface area contributed by atoms with Gasteiger partial charge in [0.25, 0.3) is 0 Å². The van der Waals surface area contributed by atoms with Gasteiger partial charge < -0.3 is 10.5 Å². The van der Waals surface area contributed by atoms with Gasteiger partial charge in [0.1, 0.15) is 17.4 Å². The third-order valence-electron chi connectivity index (χ3n) is 1.89. The van der Waals surface area contributed by atoms with Crippen molar-refractivity contribution >= 4 is 5.78 Å². The highest BCUT2D eigenvalue weighted by molar-refractivity contribution is 5.99. The van der Waals surface area contributed by atoms with Gasteiger partial charge in [0.05, 0.1) is 12.7 Å². The number of ether oxygens (including phenoxy) is 1. The van der Waals surface area contributed by atoms with Crippen molar-refractivity contribution in [1.82, 2.24) is 0 Å². The minimum absolute atomic E-state index is 0.00108. The summed E-state index contributed by atoms with van der Waals surface area (Å²) < 4.78 is 30.8. The second-order valence-corrected chi connectivity index (χ2v) is 2.93. The Bertz CT molecular complexity index is 380. The molecule has 3 nitrogen and oxygen atoms in total. The number of carbonyl (C=O) groups is 1. The van der Waals surface area contributed by atoms with Crippen LogP contribution in [0.4, 0.5) is 8.78 Å². The minimum Gasteiger partial charge on any atom is -0.496 e. The van der Waals surface area contributed by atoms with Gasteiger partial charge in [-0.05, 0) is 6.54 Å². The van der Waals surface area contributed by atoms with Crippen molar-refractivity contribution < 1.29 is 18.3 Å². The summed E-state index contributed by atoms with van der Waals surface area (Å²) in [5, 5.41) is 0. The van der Waals surface area contributed by atoms with E-state index in [1.54, 1.807) is 0 Å². The summed E-state index contributed by atoms with van der Waals surface area (Å²) in [6.07, 6.45) is -0.00108. The van der Waals surface area contributed by atoms with Crippen molar-refractivity contribution in [2.24, 2.45) is 5.73 Å². The van der Waals surface area contributed by atoms with Crippen LogP contribution in [-0.4, -0.2) is 19.4 Å². The monoisotopic (exact) mass is 215 g/mol. The fourth-order valence-corrected chi connectivity index (χ4v) is 1.24. The molecule has 82 valence electrons. The van der Waals surface area contributed by atoms with Gasteiger partial charge in [-0.3, -0.25) is 4.79 Å². The Hall–Kier alpha value is -1.49. The summed E-state index contributed by atoms with van der Waals surface area (Å²) in [6, 6.07) is 1.61. The smallest absolute Gasteiger partial charge is 0.170 e. The maximum atomic E-state index is 13.3. The minimum atomic E-state index is -0.926. The first-order valence-corrected chi connectivity index (χ1v) is 4.36. The SMILES string of the molecule is COc1cc(F)cc(F)c1C(=O)CCN. The number of methoxy groups -OCH3 is 1. The second kappa shape index (κ2) is 4.84. The van der Waals surface area contributed by atoms with Gasteiger partial charge in [-0.15, -0.1) is 0 Å². The zero-order chi connectivity index (χ0) is 11.4. The number of rotatable bonds is 4. The molecule has 0 heterocycles. The summed E-state index contributed by atoms with van der Waals surface area (Å²) in [4.78, 5) is 11.4. The van der Waals surface area contributed by atoms with E-state index in [9.17, 15) is 13.6 Å². The van der Waals surface area contributed by atoms with Gasteiger partial charge in [0.15, 0.2) is 5.78 Å². The zero-order valence-electron chi connectivity index (χ0n) is 8.22. The standard InChI is InChI=1S/C10H11F2NO2/c1-15-9-5-6(11)4-7(12)10(9)8(14)2-3-13/h4-5H,2-3,13H2,1H3. The first-order chi connectivity index (χ1) is 7.10. The lowest BCUT2D eigenvalue weighted by molar-refractivity contribution is 0.0978. The van der Waals surface area contributed by atoms with E-state index < -0.39 is 17.4 Å². The third-order valence-corrected chi connectivity index (χ3v) is 1.89. The van der Waals surface area contributed by atoms with Crippen molar-refractivity contribution in [1.29, 1.82) is 0 Å². The third kappa shape index (κ3) is 2.50. The Kier molecular flexibility index (Phi) is 3.74. The highest BCUT2D eigenvalue weighted by Crippen LogP contribution is 2.24. The van der Waals surface area contributed by atoms with Crippen LogP contribution in [0.3, 0.4) is 0 Å². The molecule has 0 bridgehead atoms. The molecule has 2 N–H and O–H groups in total. The molecule has 0 spiro atoms. The number of Topliss-reactive ketones (excluding diaryl/α,β-unsaturated/α-hetero) is 1. The summed E-state index contributed by atoms with van der Waals surface area (Å²) in [5.41, 5.74) is 4.93. The van der Waals surface area contributed by atoms with Gasteiger partial charge >= 0.3 is 0 Å². The van der Waals surface area contributed by atoms with Gasteiger partial charge in [-0.1, -0.05) is 0 Å². The summed E-state index contributed by atoms with van der Waals surface area (Å²) in [7, 11) is 1.24. The van der Waals surface area contributed by atoms with E-state index in [0.717, 1.165) is 6.07 Å². The van der Waals surface area contributed by atoms with Gasteiger partial charge in [-0.25, -0.2) is 8.78 Å². The molecule has 0 radical (unpaired) electrons. The lowest BCUT2D eigenvalue weighted by Gasteiger charge is -2.08. The van der Waals surface area contributed by atoms with E-state index >= 15 is 0 Å². The molecule has 0 fully saturated rings. The maximum Gasteiger partial charge on any atom is 0.170 e. The molecule has 1 rings (SSSR count). The van der Waals surface area contributed by atoms with Crippen molar-refractivity contribution in [3.8, 4) is 5.75 Å². The molecule has 1 aromatic carbocycles. The van der Waals surface area contributed by atoms with E-state index in [2.05, 4.69) is 0 Å². The molecule has 0 aliphatic rings. The Labute approximate surface area is 85.8 Å². The molecule has 0 unspecified atom stereocenters. The first-order valence-electron chi connectivity index (χ1n) is 4.36. The van der Waals surface area contributed by atoms with Gasteiger partial charge in [-0.2, -0.15) is 0 Å². The Morgan fingerprint density at radius 3 is 2.67 bits per heavy atom. The van der Waals surface area contributed by atoms with E-state index in [-0.39, 0.29) is 24.3 Å². The lowest BCUT2D eigenvalue weighted by atomic mass is 10.1. The number of ketones is 1. The molecular weight excluding hydrogens is 204 g/mol. The van der Waals surface area contributed by atoms with Crippen LogP contribution >= 0.6 is 0 Å². The fourth-order valence-electron chi connectivity index (χ4n) is 1.24. The van der Waals surface area contributed by atoms with Gasteiger partial charge in [0.2, 0.25) is 0 Å². The molecule has 0 saturated heterocycles. The number of nitrogens with two attached hydrogens (primary N) is 1. The second-order valence-electron chi connectivity index (χ2n) is 2.93. The largest absolute Gasteiger partial charge is 0.496 e. The topological polar surface area (TPSA) is 52.3 Å². The molecule has 0 amide bonds. The Morgan fingerprint density at radius 1 is 1.47 bits per heavy atom. The first kappa shape index (κ1) is 11.6. The van der Waals surface area contributed by atoms with Crippen LogP contribution in [0.1, 0.15) is 16.8 Å². The number of hydrogen-bond acceptors (Lipinski definition) is 3. The van der Waals surface area contributed by atoms with Crippen LogP contribution in [0.2, 0.25) is 0 Å². The normalized spacial score (nSPS) is 10.1. The van der Waals surface area contributed by atoms with Crippen molar-refractivity contribution in [2.75, 3.05) is 13.7 Å². The molecule has 15 heavy (non-hydrogen) atoms. The average molecular weight is 215 g/mol. The molecule has 0 aromatic heterocycles. The molecule has 1 aromatic rings.